The molecule has 2 N–H and O–H groups in total. The number of hydrogen-bond donors (Lipinski definition) is 1. The zero-order valence-electron chi connectivity index (χ0n) is 12.7. The summed E-state index contributed by atoms with van der Waals surface area (Å²) in [5, 5.41) is 0. The van der Waals surface area contributed by atoms with Gasteiger partial charge in [0.05, 0.1) is 9.26 Å². The molecule has 1 aromatic rings. The number of methoxy groups -OCH3 is 1. The molecular formula is C15H24IN3O. The maximum atomic E-state index is 6.10. The predicted octanol–water partition coefficient (Wildman–Crippen LogP) is 3.84. The van der Waals surface area contributed by atoms with Crippen LogP contribution in [0.25, 0.3) is 0 Å². The van der Waals surface area contributed by atoms with Crippen LogP contribution in [0.5, 0.6) is 0 Å². The van der Waals surface area contributed by atoms with Crippen LogP contribution in [0.2, 0.25) is 0 Å². The SMILES string of the molecule is COC1(c2nc(N)c(I)c(C(C)C)n2)CCCC(C)C1. The molecule has 0 saturated heterocycles. The van der Waals surface area contributed by atoms with Gasteiger partial charge in [0.15, 0.2) is 5.82 Å². The number of nitrogens with zero attached hydrogens (tertiary/aromatic N) is 2. The third-order valence-electron chi connectivity index (χ3n) is 4.20. The highest BCUT2D eigenvalue weighted by Gasteiger charge is 2.40. The van der Waals surface area contributed by atoms with E-state index in [1.807, 2.05) is 0 Å². The van der Waals surface area contributed by atoms with Crippen LogP contribution in [-0.2, 0) is 10.3 Å². The van der Waals surface area contributed by atoms with Crippen LogP contribution in [0.4, 0.5) is 5.82 Å². The van der Waals surface area contributed by atoms with E-state index in [1.54, 1.807) is 7.11 Å². The van der Waals surface area contributed by atoms with Crippen LogP contribution in [0.15, 0.2) is 0 Å². The minimum Gasteiger partial charge on any atom is -0.383 e. The fourth-order valence-corrected chi connectivity index (χ4v) is 3.92. The highest BCUT2D eigenvalue weighted by Crippen LogP contribution is 2.42. The fraction of sp³-hybridized carbons (Fsp3) is 0.733. The summed E-state index contributed by atoms with van der Waals surface area (Å²) in [6.07, 6.45) is 4.36. The second kappa shape index (κ2) is 6.13. The normalized spacial score (nSPS) is 27.0. The molecule has 4 nitrogen and oxygen atoms in total. The summed E-state index contributed by atoms with van der Waals surface area (Å²) in [6.45, 7) is 6.54. The van der Waals surface area contributed by atoms with Gasteiger partial charge in [0.2, 0.25) is 0 Å². The van der Waals surface area contributed by atoms with Gasteiger partial charge >= 0.3 is 0 Å². The van der Waals surface area contributed by atoms with Gasteiger partial charge in [-0.25, -0.2) is 9.97 Å². The Morgan fingerprint density at radius 2 is 2.10 bits per heavy atom. The van der Waals surface area contributed by atoms with Gasteiger partial charge in [0.1, 0.15) is 11.4 Å². The maximum absolute atomic E-state index is 6.10. The second-order valence-corrected chi connectivity index (χ2v) is 7.27. The van der Waals surface area contributed by atoms with Crippen molar-refractivity contribution in [2.24, 2.45) is 5.92 Å². The molecule has 2 rings (SSSR count). The van der Waals surface area contributed by atoms with Crippen LogP contribution in [0, 0.1) is 9.49 Å². The Labute approximate surface area is 135 Å². The molecule has 0 aromatic carbocycles. The summed E-state index contributed by atoms with van der Waals surface area (Å²) < 4.78 is 6.85. The number of ether oxygens (including phenoxy) is 1. The summed E-state index contributed by atoms with van der Waals surface area (Å²) in [6, 6.07) is 0. The lowest BCUT2D eigenvalue weighted by molar-refractivity contribution is -0.0647. The lowest BCUT2D eigenvalue weighted by atomic mass is 9.78. The van der Waals surface area contributed by atoms with Gasteiger partial charge < -0.3 is 10.5 Å². The number of nitrogen functional groups attached to an aromatic ring is 1. The third-order valence-corrected chi connectivity index (χ3v) is 5.31. The van der Waals surface area contributed by atoms with E-state index in [0.717, 1.165) is 34.4 Å². The number of rotatable bonds is 3. The zero-order chi connectivity index (χ0) is 14.9. The van der Waals surface area contributed by atoms with Crippen molar-refractivity contribution in [2.45, 2.75) is 58.0 Å². The quantitative estimate of drug-likeness (QED) is 0.799. The average Bonchev–Trinajstić information content (AvgIpc) is 2.41. The van der Waals surface area contributed by atoms with E-state index in [9.17, 15) is 0 Å². The van der Waals surface area contributed by atoms with E-state index in [2.05, 4.69) is 48.3 Å². The summed E-state index contributed by atoms with van der Waals surface area (Å²) in [5.41, 5.74) is 6.77. The molecule has 1 aliphatic carbocycles. The lowest BCUT2D eigenvalue weighted by Crippen LogP contribution is -2.36. The van der Waals surface area contributed by atoms with Gasteiger partial charge in [-0.1, -0.05) is 27.2 Å². The topological polar surface area (TPSA) is 61.0 Å². The van der Waals surface area contributed by atoms with Crippen molar-refractivity contribution in [2.75, 3.05) is 12.8 Å². The van der Waals surface area contributed by atoms with Crippen molar-refractivity contribution in [3.05, 3.63) is 15.1 Å². The zero-order valence-corrected chi connectivity index (χ0v) is 14.9. The van der Waals surface area contributed by atoms with Crippen LogP contribution in [0.1, 0.15) is 63.9 Å². The predicted molar refractivity (Wildman–Crippen MR) is 89.6 cm³/mol. The first-order valence-electron chi connectivity index (χ1n) is 7.28. The molecule has 0 radical (unpaired) electrons. The Kier molecular flexibility index (Phi) is 4.89. The van der Waals surface area contributed by atoms with E-state index in [0.29, 0.717) is 17.7 Å². The van der Waals surface area contributed by atoms with Crippen molar-refractivity contribution in [1.82, 2.24) is 9.97 Å². The lowest BCUT2D eigenvalue weighted by Gasteiger charge is -2.38. The molecule has 112 valence electrons. The van der Waals surface area contributed by atoms with Crippen LogP contribution in [-0.4, -0.2) is 17.1 Å². The highest BCUT2D eigenvalue weighted by molar-refractivity contribution is 14.1. The van der Waals surface area contributed by atoms with Crippen molar-refractivity contribution >= 4 is 28.4 Å². The molecule has 0 spiro atoms. The van der Waals surface area contributed by atoms with Gasteiger partial charge in [0, 0.05) is 7.11 Å². The van der Waals surface area contributed by atoms with Crippen molar-refractivity contribution in [3.8, 4) is 0 Å². The molecule has 1 aromatic heterocycles. The first-order chi connectivity index (χ1) is 9.39. The van der Waals surface area contributed by atoms with Crippen LogP contribution in [0.3, 0.4) is 0 Å². The molecule has 1 aliphatic rings. The Hall–Kier alpha value is -0.430. The van der Waals surface area contributed by atoms with E-state index < -0.39 is 0 Å². The minimum absolute atomic E-state index is 0.334. The van der Waals surface area contributed by atoms with Gasteiger partial charge in [-0.05, 0) is 53.7 Å². The van der Waals surface area contributed by atoms with E-state index in [-0.39, 0.29) is 5.60 Å². The Balaban J connectivity index is 2.49. The molecule has 1 heterocycles. The molecule has 0 aliphatic heterocycles. The first-order valence-corrected chi connectivity index (χ1v) is 8.36. The number of aromatic nitrogens is 2. The number of anilines is 1. The standard InChI is InChI=1S/C15H24IN3O/c1-9(2)12-11(16)13(17)19-14(18-12)15(20-4)7-5-6-10(3)8-15/h9-10H,5-8H2,1-4H3,(H2,17,18,19). The molecule has 2 atom stereocenters. The molecule has 0 bridgehead atoms. The Morgan fingerprint density at radius 3 is 2.65 bits per heavy atom. The average molecular weight is 389 g/mol. The van der Waals surface area contributed by atoms with Gasteiger partial charge in [-0.2, -0.15) is 0 Å². The highest BCUT2D eigenvalue weighted by atomic mass is 127. The minimum atomic E-state index is -0.361. The Bertz CT molecular complexity index is 492. The molecule has 5 heteroatoms. The molecule has 1 saturated carbocycles. The molecule has 0 amide bonds. The summed E-state index contributed by atoms with van der Waals surface area (Å²) in [4.78, 5) is 9.36. The molecular weight excluding hydrogens is 365 g/mol. The first kappa shape index (κ1) is 15.9. The number of halogens is 1. The van der Waals surface area contributed by atoms with Gasteiger partial charge in [-0.3, -0.25) is 0 Å². The van der Waals surface area contributed by atoms with Gasteiger partial charge in [0.25, 0.3) is 0 Å². The van der Waals surface area contributed by atoms with Crippen LogP contribution >= 0.6 is 22.6 Å². The fourth-order valence-electron chi connectivity index (χ4n) is 3.05. The van der Waals surface area contributed by atoms with E-state index >= 15 is 0 Å². The van der Waals surface area contributed by atoms with Gasteiger partial charge in [-0.15, -0.1) is 0 Å². The summed E-state index contributed by atoms with van der Waals surface area (Å²) in [7, 11) is 1.77. The summed E-state index contributed by atoms with van der Waals surface area (Å²) in [5.74, 6) is 2.32. The van der Waals surface area contributed by atoms with Crippen molar-refractivity contribution in [3.63, 3.8) is 0 Å². The molecule has 20 heavy (non-hydrogen) atoms. The maximum Gasteiger partial charge on any atom is 0.162 e. The van der Waals surface area contributed by atoms with Crippen molar-refractivity contribution < 1.29 is 4.74 Å². The Morgan fingerprint density at radius 1 is 1.40 bits per heavy atom. The largest absolute Gasteiger partial charge is 0.383 e. The molecule has 1 fully saturated rings. The monoisotopic (exact) mass is 389 g/mol. The van der Waals surface area contributed by atoms with E-state index in [4.69, 9.17) is 15.5 Å². The number of hydrogen-bond acceptors (Lipinski definition) is 4. The smallest absolute Gasteiger partial charge is 0.162 e. The third kappa shape index (κ3) is 2.93. The second-order valence-electron chi connectivity index (χ2n) is 6.19. The number of nitrogens with two attached hydrogens (primary N) is 1. The summed E-state index contributed by atoms with van der Waals surface area (Å²) >= 11 is 2.24. The van der Waals surface area contributed by atoms with Crippen LogP contribution < -0.4 is 5.73 Å². The van der Waals surface area contributed by atoms with Crippen molar-refractivity contribution in [1.29, 1.82) is 0 Å². The van der Waals surface area contributed by atoms with E-state index in [1.165, 1.54) is 6.42 Å². The molecule has 2 unspecified atom stereocenters.